The van der Waals surface area contributed by atoms with Gasteiger partial charge in [0, 0.05) is 7.11 Å². The lowest BCUT2D eigenvalue weighted by atomic mass is 10.3. The molecule has 17 heavy (non-hydrogen) atoms. The lowest BCUT2D eigenvalue weighted by Crippen LogP contribution is -2.25. The van der Waals surface area contributed by atoms with Gasteiger partial charge in [0.05, 0.1) is 26.4 Å². The maximum atomic E-state index is 5.65. The Morgan fingerprint density at radius 1 is 0.941 bits per heavy atom. The summed E-state index contributed by atoms with van der Waals surface area (Å²) in [6.07, 6.45) is 4.11. The second kappa shape index (κ2) is 10.5. The zero-order valence-electron chi connectivity index (χ0n) is 11.8. The van der Waals surface area contributed by atoms with Gasteiger partial charge in [-0.15, -0.1) is 0 Å². The molecule has 0 aromatic heterocycles. The standard InChI is InChI=1S/C14H26O3/c1-12(2)6-8-16-11-14(10-15-5)17-9-7-13(3)4/h6-7,14H,8-11H2,1-5H3. The van der Waals surface area contributed by atoms with Crippen molar-refractivity contribution in [3.05, 3.63) is 23.3 Å². The van der Waals surface area contributed by atoms with Gasteiger partial charge in [0.1, 0.15) is 6.10 Å². The Bertz CT molecular complexity index is 236. The maximum absolute atomic E-state index is 5.65. The summed E-state index contributed by atoms with van der Waals surface area (Å²) in [5, 5.41) is 0. The third-order valence-electron chi connectivity index (χ3n) is 2.09. The van der Waals surface area contributed by atoms with Gasteiger partial charge in [-0.2, -0.15) is 0 Å². The first-order chi connectivity index (χ1) is 8.06. The van der Waals surface area contributed by atoms with E-state index < -0.39 is 0 Å². The second-order valence-electron chi connectivity index (χ2n) is 4.51. The van der Waals surface area contributed by atoms with Gasteiger partial charge >= 0.3 is 0 Å². The van der Waals surface area contributed by atoms with Crippen molar-refractivity contribution < 1.29 is 14.2 Å². The molecule has 0 aliphatic heterocycles. The molecule has 1 unspecified atom stereocenters. The Morgan fingerprint density at radius 3 is 2.06 bits per heavy atom. The van der Waals surface area contributed by atoms with E-state index in [1.165, 1.54) is 11.1 Å². The molecule has 0 spiro atoms. The molecule has 0 aliphatic rings. The van der Waals surface area contributed by atoms with Crippen LogP contribution in [0.5, 0.6) is 0 Å². The third-order valence-corrected chi connectivity index (χ3v) is 2.09. The Balaban J connectivity index is 3.81. The lowest BCUT2D eigenvalue weighted by Gasteiger charge is -2.16. The van der Waals surface area contributed by atoms with Gasteiger partial charge in [-0.05, 0) is 27.7 Å². The van der Waals surface area contributed by atoms with E-state index >= 15 is 0 Å². The zero-order valence-corrected chi connectivity index (χ0v) is 11.8. The van der Waals surface area contributed by atoms with E-state index in [-0.39, 0.29) is 6.10 Å². The summed E-state index contributed by atoms with van der Waals surface area (Å²) in [5.74, 6) is 0. The highest BCUT2D eigenvalue weighted by atomic mass is 16.6. The minimum atomic E-state index is 0.00108. The van der Waals surface area contributed by atoms with E-state index in [0.29, 0.717) is 26.4 Å². The number of methoxy groups -OCH3 is 1. The molecule has 0 fully saturated rings. The molecule has 1 atom stereocenters. The summed E-state index contributed by atoms with van der Waals surface area (Å²) in [6.45, 7) is 10.6. The highest BCUT2D eigenvalue weighted by Crippen LogP contribution is 1.98. The number of allylic oxidation sites excluding steroid dienone is 2. The molecule has 0 heterocycles. The van der Waals surface area contributed by atoms with Gasteiger partial charge in [-0.3, -0.25) is 0 Å². The van der Waals surface area contributed by atoms with E-state index in [1.54, 1.807) is 7.11 Å². The number of hydrogen-bond donors (Lipinski definition) is 0. The van der Waals surface area contributed by atoms with Crippen molar-refractivity contribution in [2.45, 2.75) is 33.8 Å². The van der Waals surface area contributed by atoms with Crippen LogP contribution in [-0.2, 0) is 14.2 Å². The SMILES string of the molecule is COCC(COCC=C(C)C)OCC=C(C)C. The third kappa shape index (κ3) is 11.6. The van der Waals surface area contributed by atoms with Crippen LogP contribution in [0.3, 0.4) is 0 Å². The molecule has 0 aromatic carbocycles. The van der Waals surface area contributed by atoms with Crippen LogP contribution in [0.4, 0.5) is 0 Å². The normalized spacial score (nSPS) is 12.1. The van der Waals surface area contributed by atoms with Crippen molar-refractivity contribution in [3.63, 3.8) is 0 Å². The topological polar surface area (TPSA) is 27.7 Å². The quantitative estimate of drug-likeness (QED) is 0.459. The van der Waals surface area contributed by atoms with Gasteiger partial charge in [0.25, 0.3) is 0 Å². The van der Waals surface area contributed by atoms with Crippen LogP contribution in [0, 0.1) is 0 Å². The van der Waals surface area contributed by atoms with E-state index in [0.717, 1.165) is 0 Å². The minimum Gasteiger partial charge on any atom is -0.382 e. The Morgan fingerprint density at radius 2 is 1.53 bits per heavy atom. The molecule has 3 heteroatoms. The molecule has 0 aliphatic carbocycles. The van der Waals surface area contributed by atoms with Crippen LogP contribution >= 0.6 is 0 Å². The maximum Gasteiger partial charge on any atom is 0.104 e. The van der Waals surface area contributed by atoms with Gasteiger partial charge in [0.15, 0.2) is 0 Å². The van der Waals surface area contributed by atoms with Crippen LogP contribution in [-0.4, -0.2) is 39.6 Å². The molecular formula is C14H26O3. The van der Waals surface area contributed by atoms with Gasteiger partial charge in [0.2, 0.25) is 0 Å². The summed E-state index contributed by atoms with van der Waals surface area (Å²) >= 11 is 0. The van der Waals surface area contributed by atoms with E-state index in [2.05, 4.69) is 39.8 Å². The smallest absolute Gasteiger partial charge is 0.104 e. The van der Waals surface area contributed by atoms with E-state index in [9.17, 15) is 0 Å². The molecule has 100 valence electrons. The van der Waals surface area contributed by atoms with Crippen LogP contribution in [0.15, 0.2) is 23.3 Å². The summed E-state index contributed by atoms with van der Waals surface area (Å²) in [6, 6.07) is 0. The molecule has 0 rings (SSSR count). The molecule has 0 radical (unpaired) electrons. The van der Waals surface area contributed by atoms with Crippen LogP contribution < -0.4 is 0 Å². The summed E-state index contributed by atoms with van der Waals surface area (Å²) in [7, 11) is 1.67. The van der Waals surface area contributed by atoms with Crippen molar-refractivity contribution >= 4 is 0 Å². The molecule has 0 saturated heterocycles. The molecule has 0 amide bonds. The Hall–Kier alpha value is -0.640. The molecule has 0 saturated carbocycles. The van der Waals surface area contributed by atoms with Crippen LogP contribution in [0.1, 0.15) is 27.7 Å². The van der Waals surface area contributed by atoms with Gasteiger partial charge < -0.3 is 14.2 Å². The zero-order chi connectivity index (χ0) is 13.1. The second-order valence-corrected chi connectivity index (χ2v) is 4.51. The number of rotatable bonds is 9. The van der Waals surface area contributed by atoms with Crippen molar-refractivity contribution in [1.29, 1.82) is 0 Å². The van der Waals surface area contributed by atoms with Crippen molar-refractivity contribution in [3.8, 4) is 0 Å². The predicted molar refractivity (Wildman–Crippen MR) is 71.3 cm³/mol. The molecular weight excluding hydrogens is 216 g/mol. The van der Waals surface area contributed by atoms with Crippen molar-refractivity contribution in [2.75, 3.05) is 33.5 Å². The van der Waals surface area contributed by atoms with Gasteiger partial charge in [-0.25, -0.2) is 0 Å². The molecule has 0 N–H and O–H groups in total. The average Bonchev–Trinajstić information content (AvgIpc) is 2.23. The average molecular weight is 242 g/mol. The lowest BCUT2D eigenvalue weighted by molar-refractivity contribution is -0.0374. The van der Waals surface area contributed by atoms with Crippen molar-refractivity contribution in [2.24, 2.45) is 0 Å². The Kier molecular flexibility index (Phi) is 10.1. The van der Waals surface area contributed by atoms with Gasteiger partial charge in [-0.1, -0.05) is 23.3 Å². The highest BCUT2D eigenvalue weighted by molar-refractivity contribution is 4.93. The first-order valence-electron chi connectivity index (χ1n) is 6.01. The van der Waals surface area contributed by atoms with Crippen LogP contribution in [0.25, 0.3) is 0 Å². The highest BCUT2D eigenvalue weighted by Gasteiger charge is 2.07. The van der Waals surface area contributed by atoms with E-state index in [4.69, 9.17) is 14.2 Å². The molecule has 0 bridgehead atoms. The monoisotopic (exact) mass is 242 g/mol. The fraction of sp³-hybridized carbons (Fsp3) is 0.714. The Labute approximate surface area is 105 Å². The van der Waals surface area contributed by atoms with E-state index in [1.807, 2.05) is 0 Å². The molecule has 3 nitrogen and oxygen atoms in total. The summed E-state index contributed by atoms with van der Waals surface area (Å²) < 4.78 is 16.3. The minimum absolute atomic E-state index is 0.00108. The molecule has 0 aromatic rings. The number of ether oxygens (including phenoxy) is 3. The van der Waals surface area contributed by atoms with Crippen LogP contribution in [0.2, 0.25) is 0 Å². The predicted octanol–water partition coefficient (Wildman–Crippen LogP) is 2.97. The number of hydrogen-bond acceptors (Lipinski definition) is 3. The summed E-state index contributed by atoms with van der Waals surface area (Å²) in [5.41, 5.74) is 2.52. The first kappa shape index (κ1) is 16.4. The van der Waals surface area contributed by atoms with Crippen molar-refractivity contribution in [1.82, 2.24) is 0 Å². The first-order valence-corrected chi connectivity index (χ1v) is 6.01. The largest absolute Gasteiger partial charge is 0.382 e. The summed E-state index contributed by atoms with van der Waals surface area (Å²) in [4.78, 5) is 0. The fourth-order valence-corrected chi connectivity index (χ4v) is 1.11. The fourth-order valence-electron chi connectivity index (χ4n) is 1.11.